The van der Waals surface area contributed by atoms with Crippen LogP contribution in [0.4, 0.5) is 0 Å². The fourth-order valence-corrected chi connectivity index (χ4v) is 3.98. The second-order valence-electron chi connectivity index (χ2n) is 6.54. The largest absolute Gasteiger partial charge is 0.497 e. The van der Waals surface area contributed by atoms with Gasteiger partial charge in [0.1, 0.15) is 18.1 Å². The maximum atomic E-state index is 5.18. The van der Waals surface area contributed by atoms with Crippen LogP contribution in [0, 0.1) is 0 Å². The minimum absolute atomic E-state index is 0.456. The molecule has 1 fully saturated rings. The van der Waals surface area contributed by atoms with Crippen molar-refractivity contribution in [2.75, 3.05) is 19.9 Å². The molecule has 0 saturated heterocycles. The summed E-state index contributed by atoms with van der Waals surface area (Å²) in [6.45, 7) is 3.36. The summed E-state index contributed by atoms with van der Waals surface area (Å²) >= 11 is 1.96. The highest BCUT2D eigenvalue weighted by molar-refractivity contribution is 7.99. The van der Waals surface area contributed by atoms with E-state index in [1.807, 2.05) is 36.0 Å². The topological polar surface area (TPSA) is 87.2 Å². The number of guanidine groups is 1. The van der Waals surface area contributed by atoms with Gasteiger partial charge in [-0.05, 0) is 56.7 Å². The summed E-state index contributed by atoms with van der Waals surface area (Å²) in [7, 11) is 1.65. The van der Waals surface area contributed by atoms with Crippen LogP contribution in [0.1, 0.15) is 32.0 Å². The normalized spacial score (nSPS) is 19.9. The van der Waals surface area contributed by atoms with Gasteiger partial charge in [-0.1, -0.05) is 0 Å². The molecule has 146 valence electrons. The monoisotopic (exact) mass is 388 g/mol. The minimum atomic E-state index is 0.456. The summed E-state index contributed by atoms with van der Waals surface area (Å²) in [4.78, 5) is 9.22. The SMILES string of the molecule is CCNC(=NCc1nc(-c2ccc(OC)cc2)n[nH]1)NC1CCC(SC)C1. The molecule has 3 rings (SSSR count). The maximum Gasteiger partial charge on any atom is 0.191 e. The first kappa shape index (κ1) is 19.5. The Morgan fingerprint density at radius 3 is 2.81 bits per heavy atom. The molecule has 1 aromatic carbocycles. The average molecular weight is 389 g/mol. The van der Waals surface area contributed by atoms with Crippen LogP contribution in [-0.4, -0.2) is 52.3 Å². The number of nitrogens with one attached hydrogen (secondary N) is 3. The fourth-order valence-electron chi connectivity index (χ4n) is 3.19. The van der Waals surface area contributed by atoms with Crippen LogP contribution in [0.15, 0.2) is 29.3 Å². The van der Waals surface area contributed by atoms with E-state index in [0.29, 0.717) is 18.4 Å². The molecule has 1 heterocycles. The van der Waals surface area contributed by atoms with Crippen molar-refractivity contribution in [3.8, 4) is 17.1 Å². The highest BCUT2D eigenvalue weighted by atomic mass is 32.2. The predicted molar refractivity (Wildman–Crippen MR) is 111 cm³/mol. The van der Waals surface area contributed by atoms with Crippen LogP contribution in [0.3, 0.4) is 0 Å². The van der Waals surface area contributed by atoms with Crippen molar-refractivity contribution in [3.63, 3.8) is 0 Å². The lowest BCUT2D eigenvalue weighted by Gasteiger charge is -2.17. The third-order valence-corrected chi connectivity index (χ3v) is 5.76. The number of benzene rings is 1. The average Bonchev–Trinajstić information content (AvgIpc) is 3.36. The zero-order chi connectivity index (χ0) is 19.1. The van der Waals surface area contributed by atoms with Gasteiger partial charge >= 0.3 is 0 Å². The van der Waals surface area contributed by atoms with Gasteiger partial charge in [0, 0.05) is 23.4 Å². The second kappa shape index (κ2) is 9.64. The molecule has 0 spiro atoms. The number of hydrogen-bond acceptors (Lipinski definition) is 5. The van der Waals surface area contributed by atoms with Gasteiger partial charge in [0.25, 0.3) is 0 Å². The molecule has 0 amide bonds. The molecule has 1 aliphatic rings. The standard InChI is InChI=1S/C19H28N6OS/c1-4-20-19(22-14-7-10-16(11-14)27-3)21-12-17-23-18(25-24-17)13-5-8-15(26-2)9-6-13/h5-6,8-9,14,16H,4,7,10-12H2,1-3H3,(H2,20,21,22)(H,23,24,25). The van der Waals surface area contributed by atoms with Gasteiger partial charge in [-0.3, -0.25) is 5.10 Å². The van der Waals surface area contributed by atoms with Gasteiger partial charge in [-0.2, -0.15) is 16.9 Å². The third kappa shape index (κ3) is 5.38. The Morgan fingerprint density at radius 2 is 2.15 bits per heavy atom. The Kier molecular flexibility index (Phi) is 6.98. The molecule has 2 unspecified atom stereocenters. The molecule has 1 aliphatic carbocycles. The van der Waals surface area contributed by atoms with Crippen molar-refractivity contribution in [2.45, 2.75) is 44.0 Å². The molecule has 27 heavy (non-hydrogen) atoms. The van der Waals surface area contributed by atoms with Gasteiger partial charge in [0.05, 0.1) is 7.11 Å². The van der Waals surface area contributed by atoms with E-state index in [1.165, 1.54) is 19.3 Å². The van der Waals surface area contributed by atoms with Crippen molar-refractivity contribution in [1.29, 1.82) is 0 Å². The molecule has 7 nitrogen and oxygen atoms in total. The number of hydrogen-bond donors (Lipinski definition) is 3. The van der Waals surface area contributed by atoms with Crippen LogP contribution >= 0.6 is 11.8 Å². The number of nitrogens with zero attached hydrogens (tertiary/aromatic N) is 3. The number of aromatic nitrogens is 3. The number of rotatable bonds is 7. The van der Waals surface area contributed by atoms with E-state index in [4.69, 9.17) is 4.74 Å². The molecule has 1 saturated carbocycles. The van der Waals surface area contributed by atoms with Gasteiger partial charge in [-0.15, -0.1) is 0 Å². The predicted octanol–water partition coefficient (Wildman–Crippen LogP) is 2.82. The zero-order valence-corrected chi connectivity index (χ0v) is 17.0. The summed E-state index contributed by atoms with van der Waals surface area (Å²) in [6, 6.07) is 8.19. The molecule has 2 aromatic rings. The molecule has 3 N–H and O–H groups in total. The van der Waals surface area contributed by atoms with E-state index < -0.39 is 0 Å². The van der Waals surface area contributed by atoms with Gasteiger partial charge < -0.3 is 15.4 Å². The van der Waals surface area contributed by atoms with E-state index in [2.05, 4.69) is 44.0 Å². The Morgan fingerprint density at radius 1 is 1.33 bits per heavy atom. The highest BCUT2D eigenvalue weighted by Crippen LogP contribution is 2.28. The first-order chi connectivity index (χ1) is 13.2. The van der Waals surface area contributed by atoms with Crippen LogP contribution in [0.5, 0.6) is 5.75 Å². The third-order valence-electron chi connectivity index (χ3n) is 4.67. The van der Waals surface area contributed by atoms with E-state index in [-0.39, 0.29) is 0 Å². The molecule has 8 heteroatoms. The van der Waals surface area contributed by atoms with Crippen molar-refractivity contribution in [2.24, 2.45) is 4.99 Å². The first-order valence-corrected chi connectivity index (χ1v) is 10.6. The van der Waals surface area contributed by atoms with Crippen molar-refractivity contribution in [1.82, 2.24) is 25.8 Å². The Labute approximate surface area is 164 Å². The van der Waals surface area contributed by atoms with E-state index in [0.717, 1.165) is 34.9 Å². The van der Waals surface area contributed by atoms with Crippen LogP contribution in [0.25, 0.3) is 11.4 Å². The van der Waals surface area contributed by atoms with Crippen molar-refractivity contribution in [3.05, 3.63) is 30.1 Å². The lowest BCUT2D eigenvalue weighted by Crippen LogP contribution is -2.42. The summed E-state index contributed by atoms with van der Waals surface area (Å²) < 4.78 is 5.18. The zero-order valence-electron chi connectivity index (χ0n) is 16.2. The Hall–Kier alpha value is -2.22. The fraction of sp³-hybridized carbons (Fsp3) is 0.526. The van der Waals surface area contributed by atoms with Gasteiger partial charge in [-0.25, -0.2) is 9.98 Å². The minimum Gasteiger partial charge on any atom is -0.497 e. The Balaban J connectivity index is 1.61. The van der Waals surface area contributed by atoms with Crippen molar-refractivity contribution >= 4 is 17.7 Å². The lowest BCUT2D eigenvalue weighted by molar-refractivity contribution is 0.415. The quantitative estimate of drug-likeness (QED) is 0.499. The molecule has 0 radical (unpaired) electrons. The molecular formula is C19H28N6OS. The van der Waals surface area contributed by atoms with Gasteiger partial charge in [0.15, 0.2) is 11.8 Å². The highest BCUT2D eigenvalue weighted by Gasteiger charge is 2.24. The number of aliphatic imine (C=N–C) groups is 1. The summed E-state index contributed by atoms with van der Waals surface area (Å²) in [6.07, 6.45) is 5.84. The molecule has 0 aliphatic heterocycles. The molecule has 0 bridgehead atoms. The molecule has 1 aromatic heterocycles. The van der Waals surface area contributed by atoms with E-state index in [1.54, 1.807) is 7.11 Å². The second-order valence-corrected chi connectivity index (χ2v) is 7.68. The number of H-pyrrole nitrogens is 1. The summed E-state index contributed by atoms with van der Waals surface area (Å²) in [5.41, 5.74) is 0.946. The van der Waals surface area contributed by atoms with Crippen LogP contribution in [-0.2, 0) is 6.54 Å². The maximum absolute atomic E-state index is 5.18. The smallest absolute Gasteiger partial charge is 0.191 e. The molecule has 2 atom stereocenters. The van der Waals surface area contributed by atoms with Gasteiger partial charge in [0.2, 0.25) is 0 Å². The van der Waals surface area contributed by atoms with E-state index in [9.17, 15) is 0 Å². The lowest BCUT2D eigenvalue weighted by atomic mass is 10.2. The van der Waals surface area contributed by atoms with E-state index >= 15 is 0 Å². The van der Waals surface area contributed by atoms with Crippen LogP contribution in [0.2, 0.25) is 0 Å². The van der Waals surface area contributed by atoms with Crippen LogP contribution < -0.4 is 15.4 Å². The number of aromatic amines is 1. The first-order valence-electron chi connectivity index (χ1n) is 9.35. The number of thioether (sulfide) groups is 1. The number of ether oxygens (including phenoxy) is 1. The summed E-state index contributed by atoms with van der Waals surface area (Å²) in [5.74, 6) is 3.06. The number of methoxy groups -OCH3 is 1. The molecular weight excluding hydrogens is 360 g/mol. The summed E-state index contributed by atoms with van der Waals surface area (Å²) in [5, 5.41) is 14.9. The Bertz CT molecular complexity index is 745. The van der Waals surface area contributed by atoms with Crippen molar-refractivity contribution < 1.29 is 4.74 Å².